The van der Waals surface area contributed by atoms with Crippen molar-refractivity contribution in [1.82, 2.24) is 10.2 Å². The molecule has 1 aliphatic carbocycles. The lowest BCUT2D eigenvalue weighted by Gasteiger charge is -2.22. The molecule has 2 aromatic rings. The van der Waals surface area contributed by atoms with Gasteiger partial charge in [0.05, 0.1) is 0 Å². The van der Waals surface area contributed by atoms with Crippen LogP contribution in [-0.2, 0) is 14.3 Å². The van der Waals surface area contributed by atoms with Gasteiger partial charge in [-0.05, 0) is 41.5 Å². The second-order valence-corrected chi connectivity index (χ2v) is 8.49. The highest BCUT2D eigenvalue weighted by atomic mass is 16.5. The van der Waals surface area contributed by atoms with Crippen LogP contribution < -0.4 is 5.32 Å². The zero-order chi connectivity index (χ0) is 23.8. The first kappa shape index (κ1) is 24.3. The van der Waals surface area contributed by atoms with Crippen molar-refractivity contribution >= 4 is 18.0 Å². The molecule has 0 fully saturated rings. The van der Waals surface area contributed by atoms with Crippen molar-refractivity contribution in [1.29, 1.82) is 0 Å². The summed E-state index contributed by atoms with van der Waals surface area (Å²) in [6, 6.07) is 16.4. The number of nitrogens with one attached hydrogen (secondary N) is 1. The normalized spacial score (nSPS) is 13.0. The third kappa shape index (κ3) is 6.34. The number of hydrogen-bond acceptors (Lipinski definition) is 4. The van der Waals surface area contributed by atoms with Crippen LogP contribution in [0.15, 0.2) is 48.5 Å². The van der Waals surface area contributed by atoms with Gasteiger partial charge in [-0.25, -0.2) is 4.79 Å². The van der Waals surface area contributed by atoms with Crippen LogP contribution >= 0.6 is 0 Å². The molecule has 0 saturated carbocycles. The van der Waals surface area contributed by atoms with Gasteiger partial charge in [0.25, 0.3) is 0 Å². The second-order valence-electron chi connectivity index (χ2n) is 8.49. The van der Waals surface area contributed by atoms with E-state index in [9.17, 15) is 14.4 Å². The minimum Gasteiger partial charge on any atom is -0.481 e. The first-order valence-corrected chi connectivity index (χ1v) is 11.5. The summed E-state index contributed by atoms with van der Waals surface area (Å²) in [7, 11) is 0. The molecule has 3 rings (SSSR count). The minimum absolute atomic E-state index is 0.00562. The summed E-state index contributed by atoms with van der Waals surface area (Å²) in [5, 5.41) is 11.5. The van der Waals surface area contributed by atoms with Gasteiger partial charge in [0.2, 0.25) is 5.91 Å². The van der Waals surface area contributed by atoms with Crippen molar-refractivity contribution in [2.24, 2.45) is 5.92 Å². The lowest BCUT2D eigenvalue weighted by molar-refractivity contribution is -0.138. The number of alkyl carbamates (subject to hydrolysis) is 1. The average molecular weight is 453 g/mol. The Balaban J connectivity index is 1.45. The van der Waals surface area contributed by atoms with Gasteiger partial charge in [-0.2, -0.15) is 0 Å². The smallest absolute Gasteiger partial charge is 0.407 e. The lowest BCUT2D eigenvalue weighted by Crippen LogP contribution is -2.36. The van der Waals surface area contributed by atoms with Crippen molar-refractivity contribution in [3.63, 3.8) is 0 Å². The Hall–Kier alpha value is -3.35. The molecule has 0 heterocycles. The zero-order valence-electron chi connectivity index (χ0n) is 19.3. The Bertz CT molecular complexity index is 945. The molecular formula is C26H32N2O5. The second kappa shape index (κ2) is 11.5. The molecule has 2 aromatic carbocycles. The lowest BCUT2D eigenvalue weighted by atomic mass is 9.98. The Morgan fingerprint density at radius 2 is 1.67 bits per heavy atom. The number of carbonyl (C=O) groups excluding carboxylic acids is 2. The van der Waals surface area contributed by atoms with E-state index in [0.717, 1.165) is 11.1 Å². The summed E-state index contributed by atoms with van der Waals surface area (Å²) in [4.78, 5) is 37.1. The molecule has 1 unspecified atom stereocenters. The first-order valence-electron chi connectivity index (χ1n) is 11.5. The molecule has 0 aliphatic heterocycles. The highest BCUT2D eigenvalue weighted by molar-refractivity contribution is 5.79. The summed E-state index contributed by atoms with van der Waals surface area (Å²) >= 11 is 0. The third-order valence-corrected chi connectivity index (χ3v) is 6.01. The van der Waals surface area contributed by atoms with Crippen LogP contribution in [0.3, 0.4) is 0 Å². The SMILES string of the molecule is CCN(CCCC(=O)O)C(=O)CC(C)CNC(=O)OCC1c2ccccc2-c2ccccc21. The summed E-state index contributed by atoms with van der Waals surface area (Å²) < 4.78 is 5.54. The van der Waals surface area contributed by atoms with Crippen LogP contribution in [0, 0.1) is 5.92 Å². The molecule has 2 N–H and O–H groups in total. The van der Waals surface area contributed by atoms with Crippen molar-refractivity contribution in [3.05, 3.63) is 59.7 Å². The minimum atomic E-state index is -0.862. The maximum atomic E-state index is 12.5. The molecule has 0 saturated heterocycles. The number of nitrogens with zero attached hydrogens (tertiary/aromatic N) is 1. The van der Waals surface area contributed by atoms with Crippen LogP contribution in [-0.4, -0.2) is 54.2 Å². The quantitative estimate of drug-likeness (QED) is 0.531. The van der Waals surface area contributed by atoms with Gasteiger partial charge >= 0.3 is 12.1 Å². The van der Waals surface area contributed by atoms with Gasteiger partial charge < -0.3 is 20.1 Å². The number of fused-ring (bicyclic) bond motifs is 3. The standard InChI is InChI=1S/C26H32N2O5/c1-3-28(14-8-13-25(30)31)24(29)15-18(2)16-27-26(32)33-17-23-21-11-6-4-9-19(21)20-10-5-7-12-22(20)23/h4-7,9-12,18,23H,3,8,13-17H2,1-2H3,(H,27,32)(H,30,31). The van der Waals surface area contributed by atoms with Crippen molar-refractivity contribution < 1.29 is 24.2 Å². The zero-order valence-corrected chi connectivity index (χ0v) is 19.3. The van der Waals surface area contributed by atoms with E-state index in [2.05, 4.69) is 29.6 Å². The van der Waals surface area contributed by atoms with Gasteiger partial charge in [-0.3, -0.25) is 9.59 Å². The Morgan fingerprint density at radius 3 is 2.24 bits per heavy atom. The number of amides is 2. The number of rotatable bonds is 11. The van der Waals surface area contributed by atoms with E-state index in [-0.39, 0.29) is 37.2 Å². The number of benzene rings is 2. The summed E-state index contributed by atoms with van der Waals surface area (Å²) in [6.45, 7) is 5.31. The van der Waals surface area contributed by atoms with Gasteiger partial charge in [-0.15, -0.1) is 0 Å². The molecule has 2 amide bonds. The summed E-state index contributed by atoms with van der Waals surface area (Å²) in [5.74, 6) is -0.957. The monoisotopic (exact) mass is 452 g/mol. The van der Waals surface area contributed by atoms with Gasteiger partial charge in [-0.1, -0.05) is 55.5 Å². The summed E-state index contributed by atoms with van der Waals surface area (Å²) in [5.41, 5.74) is 4.68. The molecule has 33 heavy (non-hydrogen) atoms. The number of carboxylic acids is 1. The fourth-order valence-corrected chi connectivity index (χ4v) is 4.29. The predicted octanol–water partition coefficient (Wildman–Crippen LogP) is 4.26. The Morgan fingerprint density at radius 1 is 1.06 bits per heavy atom. The van der Waals surface area contributed by atoms with Crippen molar-refractivity contribution in [2.75, 3.05) is 26.2 Å². The van der Waals surface area contributed by atoms with Crippen molar-refractivity contribution in [2.45, 2.75) is 39.0 Å². The maximum Gasteiger partial charge on any atom is 0.407 e. The highest BCUT2D eigenvalue weighted by Crippen LogP contribution is 2.44. The number of hydrogen-bond donors (Lipinski definition) is 2. The van der Waals surface area contributed by atoms with Crippen LogP contribution in [0.1, 0.15) is 50.2 Å². The molecule has 176 valence electrons. The predicted molar refractivity (Wildman–Crippen MR) is 126 cm³/mol. The topological polar surface area (TPSA) is 95.9 Å². The van der Waals surface area contributed by atoms with E-state index in [1.54, 1.807) is 4.90 Å². The molecular weight excluding hydrogens is 420 g/mol. The molecule has 0 spiro atoms. The first-order chi connectivity index (χ1) is 15.9. The number of carbonyl (C=O) groups is 3. The molecule has 0 radical (unpaired) electrons. The van der Waals surface area contributed by atoms with E-state index in [0.29, 0.717) is 26.1 Å². The molecule has 7 heteroatoms. The van der Waals surface area contributed by atoms with Gasteiger partial charge in [0.1, 0.15) is 6.61 Å². The van der Waals surface area contributed by atoms with E-state index < -0.39 is 12.1 Å². The Labute approximate surface area is 194 Å². The van der Waals surface area contributed by atoms with E-state index >= 15 is 0 Å². The summed E-state index contributed by atoms with van der Waals surface area (Å²) in [6.07, 6.45) is 0.263. The van der Waals surface area contributed by atoms with Crippen molar-refractivity contribution in [3.8, 4) is 11.1 Å². The highest BCUT2D eigenvalue weighted by Gasteiger charge is 2.29. The molecule has 0 aromatic heterocycles. The van der Waals surface area contributed by atoms with Crippen LogP contribution in [0.5, 0.6) is 0 Å². The molecule has 1 aliphatic rings. The van der Waals surface area contributed by atoms with Crippen LogP contribution in [0.4, 0.5) is 4.79 Å². The van der Waals surface area contributed by atoms with Crippen LogP contribution in [0.25, 0.3) is 11.1 Å². The third-order valence-electron chi connectivity index (χ3n) is 6.01. The fourth-order valence-electron chi connectivity index (χ4n) is 4.29. The largest absolute Gasteiger partial charge is 0.481 e. The fraction of sp³-hybridized carbons (Fsp3) is 0.423. The Kier molecular flexibility index (Phi) is 8.46. The molecule has 7 nitrogen and oxygen atoms in total. The van der Waals surface area contributed by atoms with Gasteiger partial charge in [0, 0.05) is 38.4 Å². The van der Waals surface area contributed by atoms with Crippen LogP contribution in [0.2, 0.25) is 0 Å². The molecule has 1 atom stereocenters. The van der Waals surface area contributed by atoms with Gasteiger partial charge in [0.15, 0.2) is 0 Å². The van der Waals surface area contributed by atoms with E-state index in [4.69, 9.17) is 9.84 Å². The molecule has 0 bridgehead atoms. The number of aliphatic carboxylic acids is 1. The maximum absolute atomic E-state index is 12.5. The number of ether oxygens (including phenoxy) is 1. The van der Waals surface area contributed by atoms with E-state index in [1.165, 1.54) is 11.1 Å². The number of carboxylic acid groups (broad SMARTS) is 1. The van der Waals surface area contributed by atoms with E-state index in [1.807, 2.05) is 38.1 Å². The average Bonchev–Trinajstić information content (AvgIpc) is 3.12.